The van der Waals surface area contributed by atoms with Gasteiger partial charge in [-0.2, -0.15) is 4.98 Å². The molecule has 0 bridgehead atoms. The zero-order valence-corrected chi connectivity index (χ0v) is 12.8. The molecule has 0 saturated carbocycles. The molecule has 1 aliphatic heterocycles. The maximum Gasteiger partial charge on any atom is 0.241 e. The molecule has 3 rings (SSSR count). The molecule has 1 unspecified atom stereocenters. The van der Waals surface area contributed by atoms with Gasteiger partial charge in [-0.1, -0.05) is 17.6 Å². The summed E-state index contributed by atoms with van der Waals surface area (Å²) >= 11 is 1.62. The Balaban J connectivity index is 0.00000147. The van der Waals surface area contributed by atoms with Gasteiger partial charge in [0.15, 0.2) is 0 Å². The van der Waals surface area contributed by atoms with Gasteiger partial charge in [-0.25, -0.2) is 0 Å². The number of piperidine rings is 1. The summed E-state index contributed by atoms with van der Waals surface area (Å²) in [4.78, 5) is 7.87. The standard InChI is InChI=1S/C13H18N4OS.ClH/c14-8-10-4-1-2-6-17(10)9-12-15-13(16-18-12)11-5-3-7-19-11;/h3,5,7,10H,1-2,4,6,8-9,14H2;1H. The van der Waals surface area contributed by atoms with E-state index < -0.39 is 0 Å². The summed E-state index contributed by atoms with van der Waals surface area (Å²) in [6.07, 6.45) is 3.66. The Bertz CT molecular complexity index is 516. The molecule has 5 nitrogen and oxygen atoms in total. The Labute approximate surface area is 128 Å². The number of rotatable bonds is 4. The first-order valence-electron chi connectivity index (χ1n) is 6.67. The Morgan fingerprint density at radius 2 is 2.35 bits per heavy atom. The summed E-state index contributed by atoms with van der Waals surface area (Å²) < 4.78 is 5.35. The van der Waals surface area contributed by atoms with Crippen molar-refractivity contribution in [3.8, 4) is 10.7 Å². The molecule has 3 heterocycles. The third kappa shape index (κ3) is 3.38. The summed E-state index contributed by atoms with van der Waals surface area (Å²) in [5, 5.41) is 6.06. The van der Waals surface area contributed by atoms with Gasteiger partial charge in [-0.15, -0.1) is 23.7 Å². The Hall–Kier alpha value is -0.950. The van der Waals surface area contributed by atoms with Crippen molar-refractivity contribution in [3.63, 3.8) is 0 Å². The molecule has 2 aromatic rings. The fourth-order valence-electron chi connectivity index (χ4n) is 2.53. The van der Waals surface area contributed by atoms with Crippen LogP contribution >= 0.6 is 23.7 Å². The topological polar surface area (TPSA) is 68.2 Å². The Morgan fingerprint density at radius 3 is 3.10 bits per heavy atom. The summed E-state index contributed by atoms with van der Waals surface area (Å²) in [5.41, 5.74) is 5.82. The molecule has 1 fully saturated rings. The van der Waals surface area contributed by atoms with Gasteiger partial charge in [-0.05, 0) is 30.8 Å². The van der Waals surface area contributed by atoms with E-state index in [9.17, 15) is 0 Å². The van der Waals surface area contributed by atoms with Crippen LogP contribution in [0.2, 0.25) is 0 Å². The number of nitrogens with zero attached hydrogens (tertiary/aromatic N) is 3. The van der Waals surface area contributed by atoms with E-state index in [0.29, 0.717) is 30.8 Å². The van der Waals surface area contributed by atoms with E-state index in [0.717, 1.165) is 11.4 Å². The fraction of sp³-hybridized carbons (Fsp3) is 0.538. The Morgan fingerprint density at radius 1 is 1.45 bits per heavy atom. The fourth-order valence-corrected chi connectivity index (χ4v) is 3.18. The van der Waals surface area contributed by atoms with Crippen molar-refractivity contribution >= 4 is 23.7 Å². The molecule has 110 valence electrons. The van der Waals surface area contributed by atoms with Crippen molar-refractivity contribution in [2.75, 3.05) is 13.1 Å². The normalized spacial score (nSPS) is 19.8. The molecule has 0 amide bonds. The molecule has 0 aromatic carbocycles. The second-order valence-corrected chi connectivity index (χ2v) is 5.79. The molecule has 1 aliphatic rings. The molecule has 7 heteroatoms. The van der Waals surface area contributed by atoms with E-state index in [-0.39, 0.29) is 12.4 Å². The van der Waals surface area contributed by atoms with Crippen molar-refractivity contribution in [3.05, 3.63) is 23.4 Å². The highest BCUT2D eigenvalue weighted by Gasteiger charge is 2.23. The minimum atomic E-state index is 0. The summed E-state index contributed by atoms with van der Waals surface area (Å²) in [6.45, 7) is 2.48. The van der Waals surface area contributed by atoms with Crippen molar-refractivity contribution in [2.45, 2.75) is 31.8 Å². The smallest absolute Gasteiger partial charge is 0.241 e. The van der Waals surface area contributed by atoms with Crippen molar-refractivity contribution in [1.29, 1.82) is 0 Å². The summed E-state index contributed by atoms with van der Waals surface area (Å²) in [6, 6.07) is 4.44. The van der Waals surface area contributed by atoms with Crippen LogP contribution in [0, 0.1) is 0 Å². The van der Waals surface area contributed by atoms with Gasteiger partial charge in [0.2, 0.25) is 11.7 Å². The largest absolute Gasteiger partial charge is 0.338 e. The van der Waals surface area contributed by atoms with Crippen molar-refractivity contribution in [2.24, 2.45) is 5.73 Å². The van der Waals surface area contributed by atoms with Crippen LogP contribution in [0.1, 0.15) is 25.2 Å². The van der Waals surface area contributed by atoms with Gasteiger partial charge in [0, 0.05) is 12.6 Å². The van der Waals surface area contributed by atoms with Gasteiger partial charge in [0.25, 0.3) is 0 Å². The molecule has 2 aromatic heterocycles. The van der Waals surface area contributed by atoms with E-state index in [2.05, 4.69) is 15.0 Å². The number of halogens is 1. The SMILES string of the molecule is Cl.NCC1CCCCN1Cc1nc(-c2cccs2)no1. The lowest BCUT2D eigenvalue weighted by Gasteiger charge is -2.33. The second-order valence-electron chi connectivity index (χ2n) is 4.84. The highest BCUT2D eigenvalue weighted by Crippen LogP contribution is 2.23. The van der Waals surface area contributed by atoms with Gasteiger partial charge in [0.05, 0.1) is 11.4 Å². The zero-order valence-electron chi connectivity index (χ0n) is 11.2. The van der Waals surface area contributed by atoms with E-state index in [1.54, 1.807) is 11.3 Å². The molecule has 20 heavy (non-hydrogen) atoms. The number of aromatic nitrogens is 2. The van der Waals surface area contributed by atoms with Crippen LogP contribution < -0.4 is 5.73 Å². The average molecular weight is 315 g/mol. The lowest BCUT2D eigenvalue weighted by molar-refractivity contribution is 0.128. The first-order valence-corrected chi connectivity index (χ1v) is 7.55. The third-order valence-corrected chi connectivity index (χ3v) is 4.43. The monoisotopic (exact) mass is 314 g/mol. The quantitative estimate of drug-likeness (QED) is 0.939. The number of likely N-dealkylation sites (tertiary alicyclic amines) is 1. The van der Waals surface area contributed by atoms with Gasteiger partial charge in [0.1, 0.15) is 0 Å². The van der Waals surface area contributed by atoms with E-state index in [4.69, 9.17) is 10.3 Å². The number of thiophene rings is 1. The summed E-state index contributed by atoms with van der Waals surface area (Å²) in [7, 11) is 0. The van der Waals surface area contributed by atoms with Crippen LogP contribution in [0.15, 0.2) is 22.0 Å². The zero-order chi connectivity index (χ0) is 13.1. The molecule has 0 aliphatic carbocycles. The van der Waals surface area contributed by atoms with Crippen LogP contribution in [-0.4, -0.2) is 34.2 Å². The van der Waals surface area contributed by atoms with Crippen molar-refractivity contribution in [1.82, 2.24) is 15.0 Å². The molecule has 2 N–H and O–H groups in total. The van der Waals surface area contributed by atoms with E-state index >= 15 is 0 Å². The van der Waals surface area contributed by atoms with E-state index in [1.807, 2.05) is 17.5 Å². The number of nitrogens with two attached hydrogens (primary N) is 1. The third-order valence-electron chi connectivity index (χ3n) is 3.57. The van der Waals surface area contributed by atoms with Crippen molar-refractivity contribution < 1.29 is 4.52 Å². The second kappa shape index (κ2) is 7.17. The first-order chi connectivity index (χ1) is 9.36. The number of hydrogen-bond acceptors (Lipinski definition) is 6. The van der Waals surface area contributed by atoms with Crippen LogP contribution in [0.25, 0.3) is 10.7 Å². The molecule has 1 atom stereocenters. The molecule has 0 radical (unpaired) electrons. The van der Waals surface area contributed by atoms with Crippen LogP contribution in [0.3, 0.4) is 0 Å². The predicted molar refractivity (Wildman–Crippen MR) is 82.0 cm³/mol. The lowest BCUT2D eigenvalue weighted by atomic mass is 10.0. The average Bonchev–Trinajstić information content (AvgIpc) is 3.09. The van der Waals surface area contributed by atoms with Crippen LogP contribution in [-0.2, 0) is 6.54 Å². The molecule has 0 spiro atoms. The van der Waals surface area contributed by atoms with Crippen LogP contribution in [0.5, 0.6) is 0 Å². The maximum atomic E-state index is 5.82. The highest BCUT2D eigenvalue weighted by atomic mass is 35.5. The van der Waals surface area contributed by atoms with E-state index in [1.165, 1.54) is 19.3 Å². The minimum absolute atomic E-state index is 0. The maximum absolute atomic E-state index is 5.82. The lowest BCUT2D eigenvalue weighted by Crippen LogP contribution is -2.43. The highest BCUT2D eigenvalue weighted by molar-refractivity contribution is 7.13. The number of hydrogen-bond donors (Lipinski definition) is 1. The summed E-state index contributed by atoms with van der Waals surface area (Å²) in [5.74, 6) is 1.37. The van der Waals surface area contributed by atoms with Gasteiger partial charge in [-0.3, -0.25) is 4.90 Å². The Kier molecular flexibility index (Phi) is 5.54. The van der Waals surface area contributed by atoms with Crippen LogP contribution in [0.4, 0.5) is 0 Å². The van der Waals surface area contributed by atoms with Gasteiger partial charge < -0.3 is 10.3 Å². The first kappa shape index (κ1) is 15.4. The predicted octanol–water partition coefficient (Wildman–Crippen LogP) is 2.53. The minimum Gasteiger partial charge on any atom is -0.338 e. The molecular weight excluding hydrogens is 296 g/mol. The molecule has 1 saturated heterocycles. The molecular formula is C13H19ClN4OS. The van der Waals surface area contributed by atoms with Gasteiger partial charge >= 0.3 is 0 Å².